The molecular formula is C22H23N3O. The van der Waals surface area contributed by atoms with E-state index in [4.69, 9.17) is 0 Å². The molecular weight excluding hydrogens is 322 g/mol. The summed E-state index contributed by atoms with van der Waals surface area (Å²) in [5.41, 5.74) is 5.05. The number of benzene rings is 3. The summed E-state index contributed by atoms with van der Waals surface area (Å²) in [6.07, 6.45) is 0. The summed E-state index contributed by atoms with van der Waals surface area (Å²) in [4.78, 5) is 14.4. The van der Waals surface area contributed by atoms with Crippen LogP contribution in [0.3, 0.4) is 0 Å². The predicted octanol–water partition coefficient (Wildman–Crippen LogP) is 4.74. The summed E-state index contributed by atoms with van der Waals surface area (Å²) in [6.45, 7) is 0.479. The van der Waals surface area contributed by atoms with E-state index in [1.807, 2.05) is 97.9 Å². The van der Waals surface area contributed by atoms with E-state index in [9.17, 15) is 4.79 Å². The number of carbonyl (C=O) groups is 1. The van der Waals surface area contributed by atoms with Gasteiger partial charge in [-0.15, -0.1) is 0 Å². The van der Waals surface area contributed by atoms with Gasteiger partial charge in [0.2, 0.25) is 0 Å². The van der Waals surface area contributed by atoms with Gasteiger partial charge in [-0.1, -0.05) is 60.7 Å². The van der Waals surface area contributed by atoms with Crippen LogP contribution in [0.4, 0.5) is 16.2 Å². The highest BCUT2D eigenvalue weighted by Gasteiger charge is 2.08. The summed E-state index contributed by atoms with van der Waals surface area (Å²) < 4.78 is 0. The lowest BCUT2D eigenvalue weighted by Gasteiger charge is -2.14. The minimum absolute atomic E-state index is 0.218. The normalized spacial score (nSPS) is 10.2. The summed E-state index contributed by atoms with van der Waals surface area (Å²) in [7, 11) is 4.01. The molecule has 4 heteroatoms. The third-order valence-corrected chi connectivity index (χ3v) is 4.17. The second-order valence-corrected chi connectivity index (χ2v) is 6.28. The molecule has 26 heavy (non-hydrogen) atoms. The van der Waals surface area contributed by atoms with Crippen LogP contribution >= 0.6 is 0 Å². The molecule has 3 rings (SSSR count). The highest BCUT2D eigenvalue weighted by Crippen LogP contribution is 2.27. The smallest absolute Gasteiger partial charge is 0.319 e. The van der Waals surface area contributed by atoms with Gasteiger partial charge in [-0.2, -0.15) is 0 Å². The average Bonchev–Trinajstić information content (AvgIpc) is 2.68. The molecule has 0 saturated carbocycles. The molecule has 2 amide bonds. The van der Waals surface area contributed by atoms with Crippen molar-refractivity contribution in [1.29, 1.82) is 0 Å². The number of hydrogen-bond donors (Lipinski definition) is 2. The topological polar surface area (TPSA) is 44.4 Å². The Labute approximate surface area is 154 Å². The number of rotatable bonds is 5. The summed E-state index contributed by atoms with van der Waals surface area (Å²) in [5.74, 6) is 0. The Balaban J connectivity index is 1.64. The van der Waals surface area contributed by atoms with Crippen LogP contribution < -0.4 is 15.5 Å². The zero-order valence-corrected chi connectivity index (χ0v) is 15.1. The number of urea groups is 1. The molecule has 0 aromatic heterocycles. The quantitative estimate of drug-likeness (QED) is 0.701. The third-order valence-electron chi connectivity index (χ3n) is 4.17. The van der Waals surface area contributed by atoms with Crippen LogP contribution in [0.25, 0.3) is 11.1 Å². The van der Waals surface area contributed by atoms with Crippen molar-refractivity contribution >= 4 is 17.4 Å². The molecule has 0 spiro atoms. The minimum Gasteiger partial charge on any atom is -0.378 e. The van der Waals surface area contributed by atoms with E-state index in [-0.39, 0.29) is 6.03 Å². The maximum Gasteiger partial charge on any atom is 0.319 e. The number of amides is 2. The molecule has 0 bridgehead atoms. The van der Waals surface area contributed by atoms with Gasteiger partial charge in [-0.05, 0) is 29.3 Å². The van der Waals surface area contributed by atoms with Crippen molar-refractivity contribution in [2.45, 2.75) is 6.54 Å². The molecule has 132 valence electrons. The number of hydrogen-bond acceptors (Lipinski definition) is 2. The Morgan fingerprint density at radius 2 is 1.50 bits per heavy atom. The van der Waals surface area contributed by atoms with Gasteiger partial charge in [-0.25, -0.2) is 4.79 Å². The first-order valence-corrected chi connectivity index (χ1v) is 8.59. The zero-order valence-electron chi connectivity index (χ0n) is 15.1. The number of carbonyl (C=O) groups excluding carboxylic acids is 1. The Hall–Kier alpha value is -3.27. The molecule has 0 atom stereocenters. The molecule has 2 N–H and O–H groups in total. The molecule has 0 aliphatic carbocycles. The van der Waals surface area contributed by atoms with Crippen molar-refractivity contribution in [2.24, 2.45) is 0 Å². The van der Waals surface area contributed by atoms with Crippen LogP contribution in [-0.2, 0) is 6.54 Å². The van der Waals surface area contributed by atoms with Gasteiger partial charge in [0.25, 0.3) is 0 Å². The number of para-hydroxylation sites is 1. The van der Waals surface area contributed by atoms with E-state index in [1.165, 1.54) is 0 Å². The van der Waals surface area contributed by atoms with Crippen LogP contribution in [-0.4, -0.2) is 20.1 Å². The van der Waals surface area contributed by atoms with Gasteiger partial charge >= 0.3 is 6.03 Å². The lowest BCUT2D eigenvalue weighted by Crippen LogP contribution is -2.28. The highest BCUT2D eigenvalue weighted by atomic mass is 16.2. The molecule has 0 unspecified atom stereocenters. The van der Waals surface area contributed by atoms with Crippen LogP contribution in [0.5, 0.6) is 0 Å². The van der Waals surface area contributed by atoms with Crippen LogP contribution in [0, 0.1) is 0 Å². The fourth-order valence-electron chi connectivity index (χ4n) is 2.72. The van der Waals surface area contributed by atoms with Gasteiger partial charge in [0, 0.05) is 31.9 Å². The van der Waals surface area contributed by atoms with Crippen LogP contribution in [0.1, 0.15) is 5.56 Å². The van der Waals surface area contributed by atoms with E-state index >= 15 is 0 Å². The first kappa shape index (κ1) is 17.5. The van der Waals surface area contributed by atoms with E-state index in [0.717, 1.165) is 28.1 Å². The Bertz CT molecular complexity index is 858. The molecule has 0 aliphatic rings. The predicted molar refractivity (Wildman–Crippen MR) is 109 cm³/mol. The van der Waals surface area contributed by atoms with Gasteiger partial charge in [0.1, 0.15) is 0 Å². The Kier molecular flexibility index (Phi) is 5.54. The first-order chi connectivity index (χ1) is 12.6. The van der Waals surface area contributed by atoms with E-state index in [2.05, 4.69) is 10.6 Å². The number of nitrogens with one attached hydrogen (secondary N) is 2. The molecule has 0 aliphatic heterocycles. The zero-order chi connectivity index (χ0) is 18.4. The van der Waals surface area contributed by atoms with Crippen molar-refractivity contribution in [1.82, 2.24) is 5.32 Å². The van der Waals surface area contributed by atoms with Gasteiger partial charge in [-0.3, -0.25) is 0 Å². The maximum absolute atomic E-state index is 12.3. The van der Waals surface area contributed by atoms with Gasteiger partial charge in [0.05, 0.1) is 5.69 Å². The van der Waals surface area contributed by atoms with E-state index in [0.29, 0.717) is 6.54 Å². The summed E-state index contributed by atoms with van der Waals surface area (Å²) in [6, 6.07) is 25.7. The van der Waals surface area contributed by atoms with Crippen molar-refractivity contribution < 1.29 is 4.79 Å². The van der Waals surface area contributed by atoms with Crippen LogP contribution in [0.2, 0.25) is 0 Å². The lowest BCUT2D eigenvalue weighted by atomic mass is 10.0. The second-order valence-electron chi connectivity index (χ2n) is 6.28. The molecule has 0 radical (unpaired) electrons. The average molecular weight is 345 g/mol. The molecule has 4 nitrogen and oxygen atoms in total. The third kappa shape index (κ3) is 4.42. The maximum atomic E-state index is 12.3. The molecule has 3 aromatic carbocycles. The van der Waals surface area contributed by atoms with Crippen LogP contribution in [0.15, 0.2) is 78.9 Å². The molecule has 0 fully saturated rings. The standard InChI is InChI=1S/C22H23N3O/c1-25(2)19-14-12-17(13-15-19)16-23-22(26)24-21-11-7-6-10-20(21)18-8-4-3-5-9-18/h3-15H,16H2,1-2H3,(H2,23,24,26). The van der Waals surface area contributed by atoms with Gasteiger partial charge in [0.15, 0.2) is 0 Å². The SMILES string of the molecule is CN(C)c1ccc(CNC(=O)Nc2ccccc2-c2ccccc2)cc1. The molecule has 0 saturated heterocycles. The minimum atomic E-state index is -0.218. The van der Waals surface area contributed by atoms with Crippen molar-refractivity contribution in [3.05, 3.63) is 84.4 Å². The highest BCUT2D eigenvalue weighted by molar-refractivity contribution is 5.94. The van der Waals surface area contributed by atoms with Crippen molar-refractivity contribution in [3.63, 3.8) is 0 Å². The fraction of sp³-hybridized carbons (Fsp3) is 0.136. The fourth-order valence-corrected chi connectivity index (χ4v) is 2.72. The van der Waals surface area contributed by atoms with Crippen molar-refractivity contribution in [3.8, 4) is 11.1 Å². The van der Waals surface area contributed by atoms with Crippen molar-refractivity contribution in [2.75, 3.05) is 24.3 Å². The Morgan fingerprint density at radius 3 is 2.19 bits per heavy atom. The first-order valence-electron chi connectivity index (χ1n) is 8.59. The number of anilines is 2. The van der Waals surface area contributed by atoms with Gasteiger partial charge < -0.3 is 15.5 Å². The molecule has 3 aromatic rings. The monoisotopic (exact) mass is 345 g/mol. The summed E-state index contributed by atoms with van der Waals surface area (Å²) in [5, 5.41) is 5.86. The summed E-state index contributed by atoms with van der Waals surface area (Å²) >= 11 is 0. The lowest BCUT2D eigenvalue weighted by molar-refractivity contribution is 0.252. The van der Waals surface area contributed by atoms with E-state index in [1.54, 1.807) is 0 Å². The second kappa shape index (κ2) is 8.21. The number of nitrogens with zero attached hydrogens (tertiary/aromatic N) is 1. The van der Waals surface area contributed by atoms with E-state index < -0.39 is 0 Å². The largest absolute Gasteiger partial charge is 0.378 e. The molecule has 0 heterocycles. The Morgan fingerprint density at radius 1 is 0.846 bits per heavy atom.